The van der Waals surface area contributed by atoms with Crippen LogP contribution >= 0.6 is 0 Å². The number of pyridine rings is 1. The summed E-state index contributed by atoms with van der Waals surface area (Å²) >= 11 is 0. The van der Waals surface area contributed by atoms with Crippen molar-refractivity contribution >= 4 is 17.5 Å². The lowest BCUT2D eigenvalue weighted by atomic mass is 10.1. The molecule has 0 aliphatic carbocycles. The van der Waals surface area contributed by atoms with Gasteiger partial charge in [-0.1, -0.05) is 0 Å². The quantitative estimate of drug-likeness (QED) is 0.796. The number of carbonyl (C=O) groups is 1. The van der Waals surface area contributed by atoms with Crippen molar-refractivity contribution in [1.82, 2.24) is 4.98 Å². The third-order valence-corrected chi connectivity index (χ3v) is 3.69. The summed E-state index contributed by atoms with van der Waals surface area (Å²) in [6.07, 6.45) is 4.31. The summed E-state index contributed by atoms with van der Waals surface area (Å²) in [7, 11) is 1.37. The van der Waals surface area contributed by atoms with Crippen LogP contribution in [0, 0.1) is 0 Å². The van der Waals surface area contributed by atoms with Gasteiger partial charge in [-0.3, -0.25) is 0 Å². The Balaban J connectivity index is 1.93. The lowest BCUT2D eigenvalue weighted by Crippen LogP contribution is -2.43. The number of hydrogen-bond acceptors (Lipinski definition) is 6. The third-order valence-electron chi connectivity index (χ3n) is 3.69. The second-order valence-corrected chi connectivity index (χ2v) is 4.98. The Hall–Kier alpha value is -1.82. The number of methoxy groups -OCH3 is 1. The van der Waals surface area contributed by atoms with Crippen LogP contribution in [-0.2, 0) is 9.47 Å². The van der Waals surface area contributed by atoms with Crippen molar-refractivity contribution < 1.29 is 14.3 Å². The summed E-state index contributed by atoms with van der Waals surface area (Å²) in [5.41, 5.74) is 6.90. The molecule has 19 heavy (non-hydrogen) atoms. The van der Waals surface area contributed by atoms with Crippen molar-refractivity contribution in [1.29, 1.82) is 0 Å². The Bertz CT molecular complexity index is 494. The predicted molar refractivity (Wildman–Crippen MR) is 70.1 cm³/mol. The number of nitrogen functional groups attached to an aromatic ring is 1. The number of nitrogens with two attached hydrogens (primary N) is 1. The average molecular weight is 263 g/mol. The minimum absolute atomic E-state index is 0.252. The van der Waals surface area contributed by atoms with E-state index in [9.17, 15) is 4.79 Å². The molecule has 0 spiro atoms. The van der Waals surface area contributed by atoms with Crippen LogP contribution in [0.1, 0.15) is 23.2 Å². The number of fused-ring (bicyclic) bond motifs is 2. The van der Waals surface area contributed by atoms with Crippen molar-refractivity contribution in [2.75, 3.05) is 30.8 Å². The zero-order chi connectivity index (χ0) is 13.4. The van der Waals surface area contributed by atoms with Crippen molar-refractivity contribution in [2.45, 2.75) is 25.0 Å². The van der Waals surface area contributed by atoms with E-state index in [0.717, 1.165) is 31.6 Å². The third kappa shape index (κ3) is 2.23. The molecule has 0 amide bonds. The monoisotopic (exact) mass is 263 g/mol. The second-order valence-electron chi connectivity index (χ2n) is 4.98. The van der Waals surface area contributed by atoms with E-state index >= 15 is 0 Å². The van der Waals surface area contributed by atoms with Crippen LogP contribution in [0.5, 0.6) is 0 Å². The van der Waals surface area contributed by atoms with E-state index in [0.29, 0.717) is 11.4 Å². The fraction of sp³-hybridized carbons (Fsp3) is 0.538. The zero-order valence-electron chi connectivity index (χ0n) is 10.8. The Morgan fingerprint density at radius 2 is 2.16 bits per heavy atom. The standard InChI is InChI=1S/C13H17N3O3/c1-18-13(17)10-4-12(14)15-5-11(10)16-6-8-2-3-9(7-16)19-8/h4-5,8-9H,2-3,6-7H2,1H3,(H2,14,15). The van der Waals surface area contributed by atoms with E-state index in [4.69, 9.17) is 15.2 Å². The molecule has 1 aromatic heterocycles. The number of carbonyl (C=O) groups excluding carboxylic acids is 1. The molecule has 2 atom stereocenters. The summed E-state index contributed by atoms with van der Waals surface area (Å²) in [5.74, 6) is -0.0664. The Kier molecular flexibility index (Phi) is 3.02. The lowest BCUT2D eigenvalue weighted by molar-refractivity contribution is 0.0302. The van der Waals surface area contributed by atoms with E-state index in [1.807, 2.05) is 0 Å². The van der Waals surface area contributed by atoms with Gasteiger partial charge in [-0.25, -0.2) is 9.78 Å². The van der Waals surface area contributed by atoms with Crippen LogP contribution in [0.2, 0.25) is 0 Å². The van der Waals surface area contributed by atoms with Gasteiger partial charge in [-0.2, -0.15) is 0 Å². The molecule has 2 aliphatic rings. The first kappa shape index (κ1) is 12.2. The number of anilines is 2. The Labute approximate surface area is 111 Å². The maximum absolute atomic E-state index is 11.8. The van der Waals surface area contributed by atoms with Gasteiger partial charge < -0.3 is 20.1 Å². The van der Waals surface area contributed by atoms with Gasteiger partial charge in [0, 0.05) is 13.1 Å². The van der Waals surface area contributed by atoms with Gasteiger partial charge in [0.25, 0.3) is 0 Å². The predicted octanol–water partition coefficient (Wildman–Crippen LogP) is 0.818. The average Bonchev–Trinajstić information content (AvgIpc) is 2.76. The number of aromatic nitrogens is 1. The van der Waals surface area contributed by atoms with E-state index in [-0.39, 0.29) is 18.2 Å². The van der Waals surface area contributed by atoms with E-state index in [1.165, 1.54) is 7.11 Å². The zero-order valence-corrected chi connectivity index (χ0v) is 10.8. The molecule has 0 aromatic carbocycles. The SMILES string of the molecule is COC(=O)c1cc(N)ncc1N1CC2CCC(C1)O2. The Morgan fingerprint density at radius 3 is 2.79 bits per heavy atom. The number of rotatable bonds is 2. The van der Waals surface area contributed by atoms with Crippen LogP contribution in [-0.4, -0.2) is 43.4 Å². The fourth-order valence-corrected chi connectivity index (χ4v) is 2.80. The lowest BCUT2D eigenvalue weighted by Gasteiger charge is -2.34. The van der Waals surface area contributed by atoms with Crippen LogP contribution < -0.4 is 10.6 Å². The highest BCUT2D eigenvalue weighted by Crippen LogP contribution is 2.31. The fourth-order valence-electron chi connectivity index (χ4n) is 2.80. The first-order valence-corrected chi connectivity index (χ1v) is 6.41. The van der Waals surface area contributed by atoms with Crippen LogP contribution in [0.25, 0.3) is 0 Å². The van der Waals surface area contributed by atoms with E-state index < -0.39 is 0 Å². The molecule has 102 valence electrons. The second kappa shape index (κ2) is 4.70. The van der Waals surface area contributed by atoms with Crippen LogP contribution in [0.15, 0.2) is 12.3 Å². The molecule has 6 heteroatoms. The highest BCUT2D eigenvalue weighted by Gasteiger charge is 2.35. The van der Waals surface area contributed by atoms with Crippen LogP contribution in [0.4, 0.5) is 11.5 Å². The molecule has 1 aromatic rings. The molecular weight excluding hydrogens is 246 g/mol. The first-order valence-electron chi connectivity index (χ1n) is 6.41. The van der Waals surface area contributed by atoms with Gasteiger partial charge in [0.2, 0.25) is 0 Å². The largest absolute Gasteiger partial charge is 0.465 e. The van der Waals surface area contributed by atoms with E-state index in [2.05, 4.69) is 9.88 Å². The summed E-state index contributed by atoms with van der Waals surface area (Å²) in [5, 5.41) is 0. The van der Waals surface area contributed by atoms with Gasteiger partial charge in [0.05, 0.1) is 36.8 Å². The molecule has 3 rings (SSSR count). The molecule has 2 unspecified atom stereocenters. The summed E-state index contributed by atoms with van der Waals surface area (Å²) < 4.78 is 10.6. The van der Waals surface area contributed by atoms with Crippen molar-refractivity contribution in [2.24, 2.45) is 0 Å². The number of esters is 1. The minimum Gasteiger partial charge on any atom is -0.465 e. The molecule has 2 fully saturated rings. The number of hydrogen-bond donors (Lipinski definition) is 1. The molecule has 0 radical (unpaired) electrons. The molecule has 2 bridgehead atoms. The van der Waals surface area contributed by atoms with Crippen molar-refractivity contribution in [3.8, 4) is 0 Å². The van der Waals surface area contributed by atoms with Gasteiger partial charge >= 0.3 is 5.97 Å². The number of ether oxygens (including phenoxy) is 2. The first-order chi connectivity index (χ1) is 9.17. The minimum atomic E-state index is -0.386. The molecule has 0 saturated carbocycles. The smallest absolute Gasteiger partial charge is 0.340 e. The van der Waals surface area contributed by atoms with Gasteiger partial charge in [-0.05, 0) is 18.9 Å². The summed E-state index contributed by atoms with van der Waals surface area (Å²) in [6, 6.07) is 1.57. The molecule has 2 saturated heterocycles. The normalized spacial score (nSPS) is 25.4. The van der Waals surface area contributed by atoms with E-state index in [1.54, 1.807) is 12.3 Å². The summed E-state index contributed by atoms with van der Waals surface area (Å²) in [6.45, 7) is 1.57. The number of morpholine rings is 1. The molecule has 2 N–H and O–H groups in total. The van der Waals surface area contributed by atoms with Gasteiger partial charge in [0.1, 0.15) is 5.82 Å². The van der Waals surface area contributed by atoms with Crippen molar-refractivity contribution in [3.63, 3.8) is 0 Å². The topological polar surface area (TPSA) is 77.7 Å². The molecule has 6 nitrogen and oxygen atoms in total. The highest BCUT2D eigenvalue weighted by atomic mass is 16.5. The molecule has 2 aliphatic heterocycles. The Morgan fingerprint density at radius 1 is 1.47 bits per heavy atom. The van der Waals surface area contributed by atoms with Crippen LogP contribution in [0.3, 0.4) is 0 Å². The molecule has 3 heterocycles. The maximum Gasteiger partial charge on any atom is 0.340 e. The summed E-state index contributed by atoms with van der Waals surface area (Å²) in [4.78, 5) is 18.1. The molecular formula is C13H17N3O3. The maximum atomic E-state index is 11.8. The number of nitrogens with zero attached hydrogens (tertiary/aromatic N) is 2. The van der Waals surface area contributed by atoms with Gasteiger partial charge in [-0.15, -0.1) is 0 Å². The highest BCUT2D eigenvalue weighted by molar-refractivity contribution is 5.96. The van der Waals surface area contributed by atoms with Crippen molar-refractivity contribution in [3.05, 3.63) is 17.8 Å². The van der Waals surface area contributed by atoms with Gasteiger partial charge in [0.15, 0.2) is 0 Å².